The van der Waals surface area contributed by atoms with Gasteiger partial charge >= 0.3 is 6.18 Å². The molecule has 0 saturated carbocycles. The van der Waals surface area contributed by atoms with Gasteiger partial charge in [0, 0.05) is 18.8 Å². The first-order valence-corrected chi connectivity index (χ1v) is 9.35. The van der Waals surface area contributed by atoms with Crippen LogP contribution in [0.1, 0.15) is 11.1 Å². The number of hydrogen-bond acceptors (Lipinski definition) is 4. The highest BCUT2D eigenvalue weighted by Gasteiger charge is 2.34. The molecule has 0 spiro atoms. The smallest absolute Gasteiger partial charge is 0.384 e. The molecule has 0 radical (unpaired) electrons. The summed E-state index contributed by atoms with van der Waals surface area (Å²) in [7, 11) is -3.49. The maximum absolute atomic E-state index is 13.2. The molecule has 0 aliphatic carbocycles. The molecule has 26 heavy (non-hydrogen) atoms. The summed E-state index contributed by atoms with van der Waals surface area (Å²) in [5, 5.41) is 5.41. The lowest BCUT2D eigenvalue weighted by Crippen LogP contribution is -2.28. The Kier molecular flexibility index (Phi) is 6.25. The van der Waals surface area contributed by atoms with Gasteiger partial charge in [-0.3, -0.25) is 0 Å². The zero-order chi connectivity index (χ0) is 19.4. The minimum Gasteiger partial charge on any atom is -0.384 e. The van der Waals surface area contributed by atoms with Crippen LogP contribution in [0, 0.1) is 12.7 Å². The highest BCUT2D eigenvalue weighted by molar-refractivity contribution is 7.91. The number of benzene rings is 2. The first-order valence-electron chi connectivity index (χ1n) is 7.70. The molecule has 0 atom stereocenters. The van der Waals surface area contributed by atoms with Gasteiger partial charge in [0.2, 0.25) is 0 Å². The van der Waals surface area contributed by atoms with Crippen molar-refractivity contribution in [2.75, 3.05) is 24.3 Å². The van der Waals surface area contributed by atoms with Crippen molar-refractivity contribution in [3.05, 3.63) is 59.4 Å². The first-order chi connectivity index (χ1) is 12.1. The van der Waals surface area contributed by atoms with Crippen molar-refractivity contribution in [3.63, 3.8) is 0 Å². The molecule has 0 saturated heterocycles. The molecule has 0 aliphatic heterocycles. The van der Waals surface area contributed by atoms with E-state index >= 15 is 0 Å². The van der Waals surface area contributed by atoms with Gasteiger partial charge < -0.3 is 10.6 Å². The summed E-state index contributed by atoms with van der Waals surface area (Å²) < 4.78 is 75.4. The Morgan fingerprint density at radius 1 is 1.00 bits per heavy atom. The van der Waals surface area contributed by atoms with Gasteiger partial charge in [0.15, 0.2) is 9.84 Å². The molecule has 2 rings (SSSR count). The third-order valence-corrected chi connectivity index (χ3v) is 5.15. The number of nitrogens with one attached hydrogen (secondary N) is 2. The SMILES string of the molecule is Cc1ccc(S(=O)(=O)CNCCNc2ccc(F)c(C(F)(F)F)c2)cc1. The van der Waals surface area contributed by atoms with Gasteiger partial charge in [0.05, 0.1) is 10.5 Å². The van der Waals surface area contributed by atoms with E-state index in [2.05, 4.69) is 10.6 Å². The van der Waals surface area contributed by atoms with Crippen LogP contribution in [-0.4, -0.2) is 27.4 Å². The van der Waals surface area contributed by atoms with Crippen LogP contribution in [0.4, 0.5) is 23.2 Å². The molecule has 2 aromatic carbocycles. The number of alkyl halides is 3. The summed E-state index contributed by atoms with van der Waals surface area (Å²) in [4.78, 5) is 0.192. The van der Waals surface area contributed by atoms with E-state index in [1.54, 1.807) is 12.1 Å². The maximum atomic E-state index is 13.2. The highest BCUT2D eigenvalue weighted by atomic mass is 32.2. The van der Waals surface area contributed by atoms with Crippen LogP contribution < -0.4 is 10.6 Å². The number of aryl methyl sites for hydroxylation is 1. The van der Waals surface area contributed by atoms with Gasteiger partial charge in [-0.1, -0.05) is 17.7 Å². The molecular weight excluding hydrogens is 372 g/mol. The van der Waals surface area contributed by atoms with Gasteiger partial charge in [0.25, 0.3) is 0 Å². The monoisotopic (exact) mass is 390 g/mol. The summed E-state index contributed by atoms with van der Waals surface area (Å²) in [6.07, 6.45) is -4.78. The number of sulfone groups is 1. The van der Waals surface area contributed by atoms with Gasteiger partial charge in [-0.2, -0.15) is 13.2 Å². The van der Waals surface area contributed by atoms with E-state index in [-0.39, 0.29) is 29.5 Å². The van der Waals surface area contributed by atoms with E-state index in [1.807, 2.05) is 6.92 Å². The van der Waals surface area contributed by atoms with Crippen LogP contribution in [0.15, 0.2) is 47.4 Å². The summed E-state index contributed by atoms with van der Waals surface area (Å²) in [6, 6.07) is 9.03. The Hall–Kier alpha value is -2.13. The Labute approximate surface area is 149 Å². The van der Waals surface area contributed by atoms with Crippen LogP contribution in [0.2, 0.25) is 0 Å². The first kappa shape index (κ1) is 20.2. The third kappa shape index (κ3) is 5.43. The van der Waals surface area contributed by atoms with E-state index in [1.165, 1.54) is 18.2 Å². The summed E-state index contributed by atoms with van der Waals surface area (Å²) >= 11 is 0. The van der Waals surface area contributed by atoms with Crippen molar-refractivity contribution in [1.29, 1.82) is 0 Å². The molecule has 0 fully saturated rings. The van der Waals surface area contributed by atoms with Crippen molar-refractivity contribution in [3.8, 4) is 0 Å². The molecule has 0 heterocycles. The van der Waals surface area contributed by atoms with Gasteiger partial charge in [0.1, 0.15) is 11.7 Å². The lowest BCUT2D eigenvalue weighted by molar-refractivity contribution is -0.139. The van der Waals surface area contributed by atoms with Crippen molar-refractivity contribution < 1.29 is 26.0 Å². The molecule has 0 bridgehead atoms. The van der Waals surface area contributed by atoms with Gasteiger partial charge in [-0.15, -0.1) is 0 Å². The second kappa shape index (κ2) is 8.05. The van der Waals surface area contributed by atoms with E-state index in [4.69, 9.17) is 0 Å². The number of anilines is 1. The fourth-order valence-corrected chi connectivity index (χ4v) is 3.31. The Morgan fingerprint density at radius 3 is 2.27 bits per heavy atom. The van der Waals surface area contributed by atoms with E-state index in [0.717, 1.165) is 11.6 Å². The quantitative estimate of drug-likeness (QED) is 0.560. The summed E-state index contributed by atoms with van der Waals surface area (Å²) in [5.74, 6) is -1.64. The lowest BCUT2D eigenvalue weighted by atomic mass is 10.2. The summed E-state index contributed by atoms with van der Waals surface area (Å²) in [5.41, 5.74) is -0.307. The molecule has 142 valence electrons. The fraction of sp³-hybridized carbons (Fsp3) is 0.294. The van der Waals surface area contributed by atoms with Crippen LogP contribution in [0.25, 0.3) is 0 Å². The van der Waals surface area contributed by atoms with Crippen molar-refractivity contribution in [2.24, 2.45) is 0 Å². The highest BCUT2D eigenvalue weighted by Crippen LogP contribution is 2.32. The number of hydrogen-bond donors (Lipinski definition) is 2. The zero-order valence-corrected chi connectivity index (χ0v) is 14.7. The maximum Gasteiger partial charge on any atom is 0.419 e. The Bertz CT molecular complexity index is 850. The van der Waals surface area contributed by atoms with E-state index in [9.17, 15) is 26.0 Å². The van der Waals surface area contributed by atoms with E-state index < -0.39 is 27.4 Å². The standard InChI is InChI=1S/C17H18F4N2O2S/c1-12-2-5-14(6-3-12)26(24,25)11-22-8-9-23-13-4-7-16(18)15(10-13)17(19,20)21/h2-7,10,22-23H,8-9,11H2,1H3. The molecule has 9 heteroatoms. The van der Waals surface area contributed by atoms with Crippen LogP contribution in [0.3, 0.4) is 0 Å². The molecule has 0 aromatic heterocycles. The molecule has 2 aromatic rings. The average Bonchev–Trinajstić information content (AvgIpc) is 2.55. The minimum atomic E-state index is -4.78. The normalized spacial score (nSPS) is 12.2. The lowest BCUT2D eigenvalue weighted by Gasteiger charge is -2.12. The van der Waals surface area contributed by atoms with Crippen molar-refractivity contribution in [2.45, 2.75) is 18.0 Å². The molecule has 0 aliphatic rings. The predicted octanol–water partition coefficient (Wildman–Crippen LogP) is 3.59. The van der Waals surface area contributed by atoms with Gasteiger partial charge in [-0.25, -0.2) is 12.8 Å². The third-order valence-electron chi connectivity index (χ3n) is 3.57. The largest absolute Gasteiger partial charge is 0.419 e. The zero-order valence-electron chi connectivity index (χ0n) is 13.9. The Balaban J connectivity index is 1.85. The average molecular weight is 390 g/mol. The molecule has 0 unspecified atom stereocenters. The number of rotatable bonds is 7. The Morgan fingerprint density at radius 2 is 1.65 bits per heavy atom. The van der Waals surface area contributed by atoms with Crippen LogP contribution in [0.5, 0.6) is 0 Å². The van der Waals surface area contributed by atoms with Crippen LogP contribution >= 0.6 is 0 Å². The molecule has 4 nitrogen and oxygen atoms in total. The number of halogens is 4. The van der Waals surface area contributed by atoms with Gasteiger partial charge in [-0.05, 0) is 37.3 Å². The molecule has 2 N–H and O–H groups in total. The van der Waals surface area contributed by atoms with Crippen LogP contribution in [-0.2, 0) is 16.0 Å². The fourth-order valence-electron chi connectivity index (χ4n) is 2.18. The molecule has 0 amide bonds. The molecular formula is C17H18F4N2O2S. The van der Waals surface area contributed by atoms with Crippen molar-refractivity contribution in [1.82, 2.24) is 5.32 Å². The topological polar surface area (TPSA) is 58.2 Å². The van der Waals surface area contributed by atoms with Crippen molar-refractivity contribution >= 4 is 15.5 Å². The second-order valence-electron chi connectivity index (χ2n) is 5.69. The predicted molar refractivity (Wildman–Crippen MR) is 91.1 cm³/mol. The summed E-state index contributed by atoms with van der Waals surface area (Å²) in [6.45, 7) is 2.22. The minimum absolute atomic E-state index is 0.0990. The second-order valence-corrected chi connectivity index (χ2v) is 7.68. The van der Waals surface area contributed by atoms with E-state index in [0.29, 0.717) is 6.07 Å².